The topological polar surface area (TPSA) is 66.4 Å². The molecule has 1 saturated carbocycles. The number of aliphatic hydroxyl groups is 1. The Labute approximate surface area is 344 Å². The van der Waals surface area contributed by atoms with E-state index in [1.165, 1.54) is 11.1 Å². The summed E-state index contributed by atoms with van der Waals surface area (Å²) in [6.45, 7) is 6.29. The van der Waals surface area contributed by atoms with Crippen LogP contribution in [0.15, 0.2) is 164 Å². The summed E-state index contributed by atoms with van der Waals surface area (Å²) in [4.78, 5) is 0. The molecule has 0 unspecified atom stereocenters. The van der Waals surface area contributed by atoms with Gasteiger partial charge in [0.15, 0.2) is 0 Å². The molecular weight excluding hydrogens is 721 g/mol. The van der Waals surface area contributed by atoms with Gasteiger partial charge in [-0.3, -0.25) is 0 Å². The molecule has 5 atom stereocenters. The minimum Gasteiger partial charge on any atom is -0.493 e. The van der Waals surface area contributed by atoms with Crippen LogP contribution >= 0.6 is 0 Å². The van der Waals surface area contributed by atoms with Crippen molar-refractivity contribution in [2.75, 3.05) is 13.2 Å². The molecule has 0 heterocycles. The smallest absolute Gasteiger partial charge is 0.125 e. The van der Waals surface area contributed by atoms with Gasteiger partial charge in [-0.2, -0.15) is 0 Å². The molecular formula is C52H56O6. The van der Waals surface area contributed by atoms with Gasteiger partial charge in [-0.1, -0.05) is 159 Å². The molecule has 6 aromatic carbocycles. The summed E-state index contributed by atoms with van der Waals surface area (Å²) in [6.07, 6.45) is -0.0467. The third-order valence-corrected chi connectivity index (χ3v) is 11.1. The van der Waals surface area contributed by atoms with Crippen LogP contribution in [0.1, 0.15) is 64.8 Å². The first kappa shape index (κ1) is 41.1. The van der Waals surface area contributed by atoms with Gasteiger partial charge < -0.3 is 28.8 Å². The molecule has 0 aliphatic heterocycles. The Morgan fingerprint density at radius 1 is 0.517 bits per heavy atom. The van der Waals surface area contributed by atoms with Gasteiger partial charge in [-0.05, 0) is 77.3 Å². The largest absolute Gasteiger partial charge is 0.493 e. The molecule has 0 bridgehead atoms. The summed E-state index contributed by atoms with van der Waals surface area (Å²) in [5, 5.41) is 13.7. The van der Waals surface area contributed by atoms with Crippen LogP contribution in [0.3, 0.4) is 0 Å². The predicted octanol–water partition coefficient (Wildman–Crippen LogP) is 10.4. The first-order valence-corrected chi connectivity index (χ1v) is 20.7. The van der Waals surface area contributed by atoms with Gasteiger partial charge in [-0.25, -0.2) is 0 Å². The SMILES string of the molecule is CCOc1ccc(Cc2ccc(CC)cc2)cc1[C@]1(O)C[C@H](COCc2ccccc2)[C@@H](OCc2ccccc2)[C@H](OCc2ccccc2)[C@H]1OCc1ccccc1. The number of benzene rings is 6. The van der Waals surface area contributed by atoms with Crippen molar-refractivity contribution in [1.82, 2.24) is 0 Å². The molecule has 1 aliphatic carbocycles. The summed E-state index contributed by atoms with van der Waals surface area (Å²) in [5.74, 6) is 0.340. The van der Waals surface area contributed by atoms with Crippen molar-refractivity contribution >= 4 is 0 Å². The zero-order valence-electron chi connectivity index (χ0n) is 33.8. The molecule has 0 aromatic heterocycles. The third kappa shape index (κ3) is 10.7. The number of rotatable bonds is 19. The van der Waals surface area contributed by atoms with E-state index >= 15 is 0 Å². The van der Waals surface area contributed by atoms with E-state index in [9.17, 15) is 5.11 Å². The second kappa shape index (κ2) is 20.6. The van der Waals surface area contributed by atoms with Crippen molar-refractivity contribution in [3.05, 3.63) is 208 Å². The fourth-order valence-electron chi connectivity index (χ4n) is 8.04. The molecule has 0 radical (unpaired) electrons. The van der Waals surface area contributed by atoms with Crippen LogP contribution in [0.5, 0.6) is 5.75 Å². The standard InChI is InChI=1S/C52H56O6/c1-3-39-25-27-40(28-26-39)31-45-29-30-48(55-4-2)47(32-45)52(53)33-46(38-54-34-41-17-9-5-10-18-41)49(56-35-42-19-11-6-12-20-42)50(57-36-43-21-13-7-14-22-43)51(52)58-37-44-23-15-8-16-24-44/h5-30,32,46,49-51,53H,3-4,31,33-38H2,1-2H3/t46-,49-,50+,51-,52-/m1/s1. The Morgan fingerprint density at radius 3 is 1.53 bits per heavy atom. The monoisotopic (exact) mass is 776 g/mol. The summed E-state index contributed by atoms with van der Waals surface area (Å²) in [7, 11) is 0. The van der Waals surface area contributed by atoms with Crippen molar-refractivity contribution in [3.63, 3.8) is 0 Å². The third-order valence-electron chi connectivity index (χ3n) is 11.1. The van der Waals surface area contributed by atoms with E-state index in [4.69, 9.17) is 23.7 Å². The minimum atomic E-state index is -1.56. The van der Waals surface area contributed by atoms with E-state index in [1.807, 2.05) is 97.9 Å². The van der Waals surface area contributed by atoms with Gasteiger partial charge in [0, 0.05) is 11.5 Å². The second-order valence-corrected chi connectivity index (χ2v) is 15.2. The Kier molecular flexibility index (Phi) is 14.6. The molecule has 1 fully saturated rings. The van der Waals surface area contributed by atoms with E-state index in [0.29, 0.717) is 57.2 Å². The van der Waals surface area contributed by atoms with Crippen LogP contribution in [-0.4, -0.2) is 36.6 Å². The van der Waals surface area contributed by atoms with Crippen molar-refractivity contribution in [1.29, 1.82) is 0 Å². The fourth-order valence-corrected chi connectivity index (χ4v) is 8.04. The summed E-state index contributed by atoms with van der Waals surface area (Å²) < 4.78 is 33.9. The lowest BCUT2D eigenvalue weighted by atomic mass is 9.69. The fraction of sp³-hybridized carbons (Fsp3) is 0.308. The quantitative estimate of drug-likeness (QED) is 0.0884. The molecule has 1 N–H and O–H groups in total. The van der Waals surface area contributed by atoms with Gasteiger partial charge in [0.2, 0.25) is 0 Å². The lowest BCUT2D eigenvalue weighted by Gasteiger charge is -2.51. The molecule has 6 heteroatoms. The molecule has 0 saturated heterocycles. The first-order chi connectivity index (χ1) is 28.5. The lowest BCUT2D eigenvalue weighted by molar-refractivity contribution is -0.261. The van der Waals surface area contributed by atoms with Crippen LogP contribution < -0.4 is 4.74 Å². The van der Waals surface area contributed by atoms with E-state index in [-0.39, 0.29) is 12.5 Å². The maximum absolute atomic E-state index is 13.7. The maximum atomic E-state index is 13.7. The van der Waals surface area contributed by atoms with Gasteiger partial charge in [0.05, 0.1) is 45.7 Å². The highest BCUT2D eigenvalue weighted by molar-refractivity contribution is 5.45. The number of hydrogen-bond acceptors (Lipinski definition) is 6. The van der Waals surface area contributed by atoms with Crippen LogP contribution in [0.4, 0.5) is 0 Å². The molecule has 300 valence electrons. The molecule has 58 heavy (non-hydrogen) atoms. The van der Waals surface area contributed by atoms with Gasteiger partial charge in [0.1, 0.15) is 23.6 Å². The van der Waals surface area contributed by atoms with Crippen molar-refractivity contribution in [2.45, 2.75) is 83.5 Å². The molecule has 6 aromatic rings. The van der Waals surface area contributed by atoms with E-state index in [0.717, 1.165) is 34.2 Å². The summed E-state index contributed by atoms with van der Waals surface area (Å²) in [5.41, 5.74) is 6.83. The van der Waals surface area contributed by atoms with E-state index in [2.05, 4.69) is 79.7 Å². The molecule has 7 rings (SSSR count). The van der Waals surface area contributed by atoms with Gasteiger partial charge in [-0.15, -0.1) is 0 Å². The average molecular weight is 777 g/mol. The van der Waals surface area contributed by atoms with E-state index in [1.54, 1.807) is 0 Å². The van der Waals surface area contributed by atoms with Gasteiger partial charge >= 0.3 is 0 Å². The highest BCUT2D eigenvalue weighted by Crippen LogP contribution is 2.48. The zero-order chi connectivity index (χ0) is 40.0. The predicted molar refractivity (Wildman–Crippen MR) is 229 cm³/mol. The highest BCUT2D eigenvalue weighted by Gasteiger charge is 2.56. The summed E-state index contributed by atoms with van der Waals surface area (Å²) >= 11 is 0. The lowest BCUT2D eigenvalue weighted by Crippen LogP contribution is -2.62. The Hall–Kier alpha value is -5.08. The Bertz CT molecular complexity index is 2090. The van der Waals surface area contributed by atoms with Crippen molar-refractivity contribution in [2.24, 2.45) is 5.92 Å². The second-order valence-electron chi connectivity index (χ2n) is 15.2. The highest BCUT2D eigenvalue weighted by atomic mass is 16.6. The molecule has 6 nitrogen and oxygen atoms in total. The number of ether oxygens (including phenoxy) is 5. The molecule has 0 amide bonds. The van der Waals surface area contributed by atoms with E-state index < -0.39 is 23.9 Å². The number of hydrogen-bond donors (Lipinski definition) is 1. The summed E-state index contributed by atoms with van der Waals surface area (Å²) in [6, 6.07) is 55.6. The van der Waals surface area contributed by atoms with Crippen LogP contribution in [0.25, 0.3) is 0 Å². The molecule has 1 aliphatic rings. The Morgan fingerprint density at radius 2 is 1.00 bits per heavy atom. The minimum absolute atomic E-state index is 0.271. The van der Waals surface area contributed by atoms with Gasteiger partial charge in [0.25, 0.3) is 0 Å². The van der Waals surface area contributed by atoms with Crippen molar-refractivity contribution < 1.29 is 28.8 Å². The maximum Gasteiger partial charge on any atom is 0.125 e. The van der Waals surface area contributed by atoms with Crippen LogP contribution in [0, 0.1) is 5.92 Å². The van der Waals surface area contributed by atoms with Crippen LogP contribution in [-0.2, 0) is 63.8 Å². The number of aryl methyl sites for hydroxylation is 1. The zero-order valence-corrected chi connectivity index (χ0v) is 33.8. The van der Waals surface area contributed by atoms with Crippen molar-refractivity contribution in [3.8, 4) is 5.75 Å². The normalized spacial score (nSPS) is 20.5. The molecule has 0 spiro atoms. The van der Waals surface area contributed by atoms with Crippen LogP contribution in [0.2, 0.25) is 0 Å². The average Bonchev–Trinajstić information content (AvgIpc) is 3.27. The first-order valence-electron chi connectivity index (χ1n) is 20.7. The Balaban J connectivity index is 1.32.